The quantitative estimate of drug-likeness (QED) is 0.630. The molecule has 0 saturated heterocycles. The molecule has 2 rings (SSSR count). The summed E-state index contributed by atoms with van der Waals surface area (Å²) in [6, 6.07) is 7.87. The fourth-order valence-corrected chi connectivity index (χ4v) is 1.48. The van der Waals surface area contributed by atoms with Crippen molar-refractivity contribution in [3.63, 3.8) is 0 Å². The van der Waals surface area contributed by atoms with Crippen molar-refractivity contribution in [1.29, 1.82) is 0 Å². The molecule has 8 heteroatoms. The molecule has 0 aromatic heterocycles. The number of halogens is 1. The van der Waals surface area contributed by atoms with Crippen LogP contribution in [0.3, 0.4) is 0 Å². The minimum Gasteiger partial charge on any atom is -0.450 e. The Bertz CT molecular complexity index is 672. The SMILES string of the molecule is O=[N+]([O-])c1ccc(Oc2ccc(F)cc2[N+](=O)[O-])cc1. The fourth-order valence-electron chi connectivity index (χ4n) is 1.48. The third-order valence-corrected chi connectivity index (χ3v) is 2.39. The molecule has 20 heavy (non-hydrogen) atoms. The van der Waals surface area contributed by atoms with Crippen LogP contribution in [0.4, 0.5) is 15.8 Å². The Morgan fingerprint density at radius 2 is 1.60 bits per heavy atom. The molecule has 0 radical (unpaired) electrons. The molecule has 0 amide bonds. The van der Waals surface area contributed by atoms with Crippen LogP contribution >= 0.6 is 0 Å². The van der Waals surface area contributed by atoms with Crippen LogP contribution in [0, 0.1) is 26.0 Å². The second-order valence-corrected chi connectivity index (χ2v) is 3.72. The highest BCUT2D eigenvalue weighted by Gasteiger charge is 2.17. The van der Waals surface area contributed by atoms with Gasteiger partial charge in [-0.05, 0) is 24.3 Å². The second-order valence-electron chi connectivity index (χ2n) is 3.72. The number of nitro benzene ring substituents is 2. The van der Waals surface area contributed by atoms with Gasteiger partial charge in [0, 0.05) is 12.1 Å². The molecular weight excluding hydrogens is 271 g/mol. The first kappa shape index (κ1) is 13.4. The van der Waals surface area contributed by atoms with Crippen LogP contribution in [0.15, 0.2) is 42.5 Å². The van der Waals surface area contributed by atoms with E-state index in [0.29, 0.717) is 0 Å². The Morgan fingerprint density at radius 1 is 0.950 bits per heavy atom. The van der Waals surface area contributed by atoms with Gasteiger partial charge in [-0.15, -0.1) is 0 Å². The number of hydrogen-bond acceptors (Lipinski definition) is 5. The highest BCUT2D eigenvalue weighted by molar-refractivity contribution is 5.49. The van der Waals surface area contributed by atoms with Crippen molar-refractivity contribution in [1.82, 2.24) is 0 Å². The molecule has 0 unspecified atom stereocenters. The molecule has 0 saturated carbocycles. The van der Waals surface area contributed by atoms with E-state index < -0.39 is 21.4 Å². The van der Waals surface area contributed by atoms with Crippen LogP contribution < -0.4 is 4.74 Å². The number of hydrogen-bond donors (Lipinski definition) is 0. The largest absolute Gasteiger partial charge is 0.450 e. The van der Waals surface area contributed by atoms with Crippen molar-refractivity contribution >= 4 is 11.4 Å². The van der Waals surface area contributed by atoms with Gasteiger partial charge in [0.05, 0.1) is 15.9 Å². The topological polar surface area (TPSA) is 95.5 Å². The average molecular weight is 278 g/mol. The summed E-state index contributed by atoms with van der Waals surface area (Å²) in [5.74, 6) is -0.733. The molecule has 7 nitrogen and oxygen atoms in total. The third kappa shape index (κ3) is 2.86. The Kier molecular flexibility index (Phi) is 3.56. The van der Waals surface area contributed by atoms with Crippen molar-refractivity contribution in [2.75, 3.05) is 0 Å². The van der Waals surface area contributed by atoms with Crippen molar-refractivity contribution in [2.24, 2.45) is 0 Å². The van der Waals surface area contributed by atoms with Gasteiger partial charge in [0.25, 0.3) is 5.69 Å². The molecule has 0 atom stereocenters. The molecule has 102 valence electrons. The Morgan fingerprint density at radius 3 is 2.15 bits per heavy atom. The molecule has 0 aliphatic carbocycles. The van der Waals surface area contributed by atoms with Crippen LogP contribution in [-0.2, 0) is 0 Å². The number of benzene rings is 2. The molecule has 0 bridgehead atoms. The highest BCUT2D eigenvalue weighted by atomic mass is 19.1. The van der Waals surface area contributed by atoms with Gasteiger partial charge in [-0.2, -0.15) is 0 Å². The Balaban J connectivity index is 2.30. The summed E-state index contributed by atoms with van der Waals surface area (Å²) >= 11 is 0. The van der Waals surface area contributed by atoms with Gasteiger partial charge in [0.15, 0.2) is 0 Å². The maximum absolute atomic E-state index is 13.0. The minimum atomic E-state index is -0.774. The summed E-state index contributed by atoms with van der Waals surface area (Å²) in [6.07, 6.45) is 0. The van der Waals surface area contributed by atoms with E-state index in [1.807, 2.05) is 0 Å². The monoisotopic (exact) mass is 278 g/mol. The fraction of sp³-hybridized carbons (Fsp3) is 0. The first-order valence-electron chi connectivity index (χ1n) is 5.33. The van der Waals surface area contributed by atoms with E-state index in [9.17, 15) is 24.6 Å². The van der Waals surface area contributed by atoms with E-state index >= 15 is 0 Å². The second kappa shape index (κ2) is 5.31. The minimum absolute atomic E-state index is 0.133. The van der Waals surface area contributed by atoms with Crippen molar-refractivity contribution in [2.45, 2.75) is 0 Å². The lowest BCUT2D eigenvalue weighted by Gasteiger charge is -2.05. The number of nitro groups is 2. The predicted molar refractivity (Wildman–Crippen MR) is 66.2 cm³/mol. The van der Waals surface area contributed by atoms with Crippen LogP contribution in [0.25, 0.3) is 0 Å². The number of non-ortho nitro benzene ring substituents is 1. The van der Waals surface area contributed by atoms with E-state index in [4.69, 9.17) is 4.74 Å². The summed E-state index contributed by atoms with van der Waals surface area (Å²) < 4.78 is 18.2. The van der Waals surface area contributed by atoms with Crippen LogP contribution in [-0.4, -0.2) is 9.85 Å². The molecule has 0 N–H and O–H groups in total. The van der Waals surface area contributed by atoms with Gasteiger partial charge < -0.3 is 4.74 Å². The predicted octanol–water partition coefficient (Wildman–Crippen LogP) is 3.43. The number of rotatable bonds is 4. The van der Waals surface area contributed by atoms with Crippen LogP contribution in [0.5, 0.6) is 11.5 Å². The maximum Gasteiger partial charge on any atom is 0.314 e. The summed E-state index contributed by atoms with van der Waals surface area (Å²) in [5.41, 5.74) is -0.658. The summed E-state index contributed by atoms with van der Waals surface area (Å²) in [4.78, 5) is 19.9. The van der Waals surface area contributed by atoms with Gasteiger partial charge in [-0.3, -0.25) is 20.2 Å². The first-order chi connectivity index (χ1) is 9.47. The molecule has 0 fully saturated rings. The van der Waals surface area contributed by atoms with Gasteiger partial charge in [-0.25, -0.2) is 4.39 Å². The molecule has 0 heterocycles. The molecular formula is C12H7FN2O5. The Labute approximate surface area is 111 Å². The lowest BCUT2D eigenvalue weighted by Crippen LogP contribution is -1.94. The zero-order valence-corrected chi connectivity index (χ0v) is 9.86. The van der Waals surface area contributed by atoms with Gasteiger partial charge >= 0.3 is 5.69 Å². The number of nitrogens with zero attached hydrogens (tertiary/aromatic N) is 2. The molecule has 2 aromatic carbocycles. The molecule has 0 spiro atoms. The van der Waals surface area contributed by atoms with E-state index in [1.165, 1.54) is 24.3 Å². The zero-order chi connectivity index (χ0) is 14.7. The summed E-state index contributed by atoms with van der Waals surface area (Å²) in [6.45, 7) is 0. The third-order valence-electron chi connectivity index (χ3n) is 2.39. The van der Waals surface area contributed by atoms with Crippen molar-refractivity contribution in [3.8, 4) is 11.5 Å². The average Bonchev–Trinajstić information content (AvgIpc) is 2.41. The smallest absolute Gasteiger partial charge is 0.314 e. The summed E-state index contributed by atoms with van der Waals surface area (Å²) in [7, 11) is 0. The van der Waals surface area contributed by atoms with Crippen molar-refractivity contribution in [3.05, 3.63) is 68.5 Å². The number of ether oxygens (including phenoxy) is 1. The normalized spacial score (nSPS) is 10.1. The van der Waals surface area contributed by atoms with Gasteiger partial charge in [0.2, 0.25) is 5.75 Å². The molecule has 0 aliphatic heterocycles. The van der Waals surface area contributed by atoms with Gasteiger partial charge in [-0.1, -0.05) is 0 Å². The standard InChI is InChI=1S/C12H7FN2O5/c13-8-1-6-12(11(7-8)15(18)19)20-10-4-2-9(3-5-10)14(16)17/h1-7H. The zero-order valence-electron chi connectivity index (χ0n) is 9.86. The van der Waals surface area contributed by atoms with Crippen molar-refractivity contribution < 1.29 is 19.0 Å². The van der Waals surface area contributed by atoms with E-state index in [-0.39, 0.29) is 17.2 Å². The molecule has 0 aliphatic rings. The lowest BCUT2D eigenvalue weighted by molar-refractivity contribution is -0.385. The van der Waals surface area contributed by atoms with E-state index in [1.54, 1.807) is 0 Å². The Hall–Kier alpha value is -3.03. The first-order valence-corrected chi connectivity index (χ1v) is 5.33. The van der Waals surface area contributed by atoms with Crippen LogP contribution in [0.1, 0.15) is 0 Å². The molecule has 2 aromatic rings. The van der Waals surface area contributed by atoms with Gasteiger partial charge in [0.1, 0.15) is 11.6 Å². The summed E-state index contributed by atoms with van der Waals surface area (Å²) in [5, 5.41) is 21.3. The maximum atomic E-state index is 13.0. The van der Waals surface area contributed by atoms with Crippen LogP contribution in [0.2, 0.25) is 0 Å². The lowest BCUT2D eigenvalue weighted by atomic mass is 10.2. The van der Waals surface area contributed by atoms with E-state index in [2.05, 4.69) is 0 Å². The highest BCUT2D eigenvalue weighted by Crippen LogP contribution is 2.32. The van der Waals surface area contributed by atoms with E-state index in [0.717, 1.165) is 18.2 Å².